The summed E-state index contributed by atoms with van der Waals surface area (Å²) in [6, 6.07) is 2.62. The largest absolute Gasteiger partial charge is 0.352 e. The molecule has 0 bridgehead atoms. The van der Waals surface area contributed by atoms with Gasteiger partial charge in [-0.2, -0.15) is 5.10 Å². The second-order valence-electron chi connectivity index (χ2n) is 4.29. The molecule has 1 aliphatic rings. The first-order chi connectivity index (χ1) is 7.16. The quantitative estimate of drug-likeness (QED) is 0.741. The molecule has 0 unspecified atom stereocenters. The van der Waals surface area contributed by atoms with E-state index in [9.17, 15) is 0 Å². The number of nitrogens with zero attached hydrogens (tertiary/aromatic N) is 3. The molecule has 1 saturated heterocycles. The van der Waals surface area contributed by atoms with Gasteiger partial charge >= 0.3 is 0 Å². The van der Waals surface area contributed by atoms with Crippen LogP contribution in [-0.4, -0.2) is 35.9 Å². The molecule has 0 saturated carbocycles. The third-order valence-electron chi connectivity index (χ3n) is 2.75. The number of nitrogens with one attached hydrogen (secondary N) is 1. The zero-order valence-corrected chi connectivity index (χ0v) is 9.62. The van der Waals surface area contributed by atoms with E-state index in [4.69, 9.17) is 0 Å². The van der Waals surface area contributed by atoms with Crippen LogP contribution in [0.2, 0.25) is 0 Å². The Labute approximate surface area is 90.7 Å². The predicted octanol–water partition coefficient (Wildman–Crippen LogP) is 0.892. The maximum absolute atomic E-state index is 4.28. The van der Waals surface area contributed by atoms with Crippen molar-refractivity contribution in [3.8, 4) is 0 Å². The standard InChI is InChI=1S/C11H18N4/c1-8-6-9(2)13-14-11(8)15-5-4-12-10(3)7-15/h6,10,12H,4-5,7H2,1-3H3/t10-/m1/s1. The van der Waals surface area contributed by atoms with Crippen molar-refractivity contribution < 1.29 is 0 Å². The maximum Gasteiger partial charge on any atom is 0.154 e. The minimum absolute atomic E-state index is 0.529. The second kappa shape index (κ2) is 4.14. The van der Waals surface area contributed by atoms with Crippen LogP contribution in [0.4, 0.5) is 5.82 Å². The first-order valence-electron chi connectivity index (χ1n) is 5.46. The van der Waals surface area contributed by atoms with E-state index in [1.54, 1.807) is 0 Å². The van der Waals surface area contributed by atoms with Crippen LogP contribution in [0.3, 0.4) is 0 Å². The lowest BCUT2D eigenvalue weighted by molar-refractivity contribution is 0.480. The summed E-state index contributed by atoms with van der Waals surface area (Å²) in [5.74, 6) is 1.04. The van der Waals surface area contributed by atoms with Gasteiger partial charge in [0, 0.05) is 25.7 Å². The number of rotatable bonds is 1. The number of piperazine rings is 1. The van der Waals surface area contributed by atoms with Crippen LogP contribution in [0.1, 0.15) is 18.2 Å². The van der Waals surface area contributed by atoms with E-state index in [-0.39, 0.29) is 0 Å². The lowest BCUT2D eigenvalue weighted by Gasteiger charge is -2.33. The van der Waals surface area contributed by atoms with Crippen LogP contribution >= 0.6 is 0 Å². The highest BCUT2D eigenvalue weighted by atomic mass is 15.3. The zero-order valence-electron chi connectivity index (χ0n) is 9.62. The minimum atomic E-state index is 0.529. The molecule has 0 radical (unpaired) electrons. The Morgan fingerprint density at radius 1 is 1.40 bits per heavy atom. The van der Waals surface area contributed by atoms with E-state index in [0.29, 0.717) is 6.04 Å². The summed E-state index contributed by atoms with van der Waals surface area (Å²) in [4.78, 5) is 2.31. The number of hydrogen-bond donors (Lipinski definition) is 1. The van der Waals surface area contributed by atoms with Gasteiger partial charge in [0.1, 0.15) is 0 Å². The highest BCUT2D eigenvalue weighted by Gasteiger charge is 2.18. The fourth-order valence-corrected chi connectivity index (χ4v) is 2.05. The summed E-state index contributed by atoms with van der Waals surface area (Å²) in [6.07, 6.45) is 0. The van der Waals surface area contributed by atoms with Gasteiger partial charge in [0.15, 0.2) is 5.82 Å². The van der Waals surface area contributed by atoms with Crippen molar-refractivity contribution >= 4 is 5.82 Å². The lowest BCUT2D eigenvalue weighted by atomic mass is 10.2. The fourth-order valence-electron chi connectivity index (χ4n) is 2.05. The molecular weight excluding hydrogens is 188 g/mol. The Morgan fingerprint density at radius 3 is 2.87 bits per heavy atom. The first kappa shape index (κ1) is 10.4. The van der Waals surface area contributed by atoms with E-state index < -0.39 is 0 Å². The molecule has 1 N–H and O–H groups in total. The second-order valence-corrected chi connectivity index (χ2v) is 4.29. The van der Waals surface area contributed by atoms with E-state index in [1.165, 1.54) is 5.56 Å². The van der Waals surface area contributed by atoms with Crippen molar-refractivity contribution in [2.24, 2.45) is 0 Å². The van der Waals surface area contributed by atoms with Crippen LogP contribution in [0, 0.1) is 13.8 Å². The van der Waals surface area contributed by atoms with Gasteiger partial charge in [-0.1, -0.05) is 0 Å². The molecule has 0 amide bonds. The summed E-state index contributed by atoms with van der Waals surface area (Å²) >= 11 is 0. The molecule has 0 aliphatic carbocycles. The molecular formula is C11H18N4. The molecule has 2 rings (SSSR count). The van der Waals surface area contributed by atoms with Gasteiger partial charge in [0.2, 0.25) is 0 Å². The molecule has 1 fully saturated rings. The van der Waals surface area contributed by atoms with Gasteiger partial charge in [-0.05, 0) is 32.4 Å². The first-order valence-corrected chi connectivity index (χ1v) is 5.46. The van der Waals surface area contributed by atoms with Crippen LogP contribution in [-0.2, 0) is 0 Å². The van der Waals surface area contributed by atoms with Crippen molar-refractivity contribution in [3.05, 3.63) is 17.3 Å². The molecule has 4 nitrogen and oxygen atoms in total. The van der Waals surface area contributed by atoms with Crippen LogP contribution in [0.5, 0.6) is 0 Å². The van der Waals surface area contributed by atoms with Crippen LogP contribution in [0.15, 0.2) is 6.07 Å². The summed E-state index contributed by atoms with van der Waals surface area (Å²) < 4.78 is 0. The Bertz CT molecular complexity index is 350. The smallest absolute Gasteiger partial charge is 0.154 e. The highest BCUT2D eigenvalue weighted by Crippen LogP contribution is 2.17. The number of aryl methyl sites for hydroxylation is 2. The molecule has 1 aromatic heterocycles. The van der Waals surface area contributed by atoms with E-state index in [2.05, 4.69) is 40.3 Å². The number of hydrogen-bond acceptors (Lipinski definition) is 4. The van der Waals surface area contributed by atoms with Crippen molar-refractivity contribution in [3.63, 3.8) is 0 Å². The van der Waals surface area contributed by atoms with E-state index >= 15 is 0 Å². The maximum atomic E-state index is 4.28. The Hall–Kier alpha value is -1.16. The van der Waals surface area contributed by atoms with Crippen LogP contribution < -0.4 is 10.2 Å². The fraction of sp³-hybridized carbons (Fsp3) is 0.636. The van der Waals surface area contributed by atoms with Gasteiger partial charge < -0.3 is 10.2 Å². The van der Waals surface area contributed by atoms with Gasteiger partial charge in [-0.25, -0.2) is 0 Å². The molecule has 2 heterocycles. The molecule has 15 heavy (non-hydrogen) atoms. The third kappa shape index (κ3) is 2.26. The average Bonchev–Trinajstić information content (AvgIpc) is 2.17. The number of anilines is 1. The lowest BCUT2D eigenvalue weighted by Crippen LogP contribution is -2.49. The Kier molecular flexibility index (Phi) is 2.86. The Balaban J connectivity index is 2.21. The SMILES string of the molecule is Cc1cc(C)c(N2CCN[C@H](C)C2)nn1. The summed E-state index contributed by atoms with van der Waals surface area (Å²) in [7, 11) is 0. The Morgan fingerprint density at radius 2 is 2.20 bits per heavy atom. The highest BCUT2D eigenvalue weighted by molar-refractivity contribution is 5.46. The minimum Gasteiger partial charge on any atom is -0.352 e. The summed E-state index contributed by atoms with van der Waals surface area (Å²) in [5, 5.41) is 11.8. The molecule has 82 valence electrons. The third-order valence-corrected chi connectivity index (χ3v) is 2.75. The molecule has 1 atom stereocenters. The molecule has 4 heteroatoms. The average molecular weight is 206 g/mol. The van der Waals surface area contributed by atoms with E-state index in [1.807, 2.05) is 6.92 Å². The van der Waals surface area contributed by atoms with Crippen molar-refractivity contribution in [2.75, 3.05) is 24.5 Å². The van der Waals surface area contributed by atoms with Gasteiger partial charge in [-0.15, -0.1) is 5.10 Å². The van der Waals surface area contributed by atoms with Gasteiger partial charge in [0.05, 0.1) is 5.69 Å². The van der Waals surface area contributed by atoms with Crippen molar-refractivity contribution in [1.29, 1.82) is 0 Å². The van der Waals surface area contributed by atoms with Crippen molar-refractivity contribution in [1.82, 2.24) is 15.5 Å². The predicted molar refractivity (Wildman–Crippen MR) is 61.2 cm³/mol. The normalized spacial score (nSPS) is 21.8. The molecule has 0 aromatic carbocycles. The van der Waals surface area contributed by atoms with Gasteiger partial charge in [0.25, 0.3) is 0 Å². The number of aromatic nitrogens is 2. The van der Waals surface area contributed by atoms with Crippen molar-refractivity contribution in [2.45, 2.75) is 26.8 Å². The topological polar surface area (TPSA) is 41.0 Å². The van der Waals surface area contributed by atoms with E-state index in [0.717, 1.165) is 31.1 Å². The monoisotopic (exact) mass is 206 g/mol. The zero-order chi connectivity index (χ0) is 10.8. The van der Waals surface area contributed by atoms with Gasteiger partial charge in [-0.3, -0.25) is 0 Å². The molecule has 0 spiro atoms. The van der Waals surface area contributed by atoms with Crippen LogP contribution in [0.25, 0.3) is 0 Å². The molecule has 1 aromatic rings. The molecule has 1 aliphatic heterocycles. The summed E-state index contributed by atoms with van der Waals surface area (Å²) in [5.41, 5.74) is 2.20. The summed E-state index contributed by atoms with van der Waals surface area (Å²) in [6.45, 7) is 9.33.